The molecule has 12 nitrogen and oxygen atoms in total. The van der Waals surface area contributed by atoms with Gasteiger partial charge >= 0.3 is 18.1 Å². The molecule has 50 heavy (non-hydrogen) atoms. The normalized spacial score (nSPS) is 9.46. The number of rotatable bonds is 9. The number of nitrogens with zero attached hydrogens (tertiary/aromatic N) is 2. The fraction of sp³-hybridized carbons (Fsp3) is 0.167. The number of esters is 2. The van der Waals surface area contributed by atoms with Crippen LogP contribution in [-0.4, -0.2) is 46.3 Å². The van der Waals surface area contributed by atoms with Crippen LogP contribution in [-0.2, 0) is 35.1 Å². The lowest BCUT2D eigenvalue weighted by atomic mass is 10.2. The van der Waals surface area contributed by atoms with Gasteiger partial charge in [0.1, 0.15) is 26.2 Å². The van der Waals surface area contributed by atoms with Crippen LogP contribution in [0.5, 0.6) is 11.5 Å². The zero-order chi connectivity index (χ0) is 36.7. The number of fused-ring (bicyclic) bond motifs is 1. The summed E-state index contributed by atoms with van der Waals surface area (Å²) >= 11 is 6.46. The van der Waals surface area contributed by atoms with E-state index in [9.17, 15) is 14.4 Å². The number of aryl methyl sites for hydroxylation is 1. The Morgan fingerprint density at radius 3 is 1.84 bits per heavy atom. The summed E-state index contributed by atoms with van der Waals surface area (Å²) in [7, 11) is 0. The minimum Gasteiger partial charge on any atom is -0.462 e. The Morgan fingerprint density at radius 2 is 1.36 bits per heavy atom. The van der Waals surface area contributed by atoms with Crippen molar-refractivity contribution in [2.45, 2.75) is 27.2 Å². The first-order chi connectivity index (χ1) is 24.2. The molecule has 0 aliphatic carbocycles. The molecule has 3 heterocycles. The number of pyridine rings is 3. The standard InChI is InChI=1S/C13H15BrN2O4.C12H10O.C10H9BrN2O.CO2/c1-3-19-12(17)10(13(18)20-4-2)8-15-9-5-6-11(14)16-7-9;1-3-7-11(8-4-1)13-12-9-5-2-6-10-12;1-2-6-5-12-7-3-4-8(11)13-9(7)10(6)14;2-1-3/h5-8,15H,3-4H2,1-2H3;1-10H;3-5H,2H2,1H3,(H,12,14);. The monoisotopic (exact) mass is 808 g/mol. The Balaban J connectivity index is 0.000000256. The van der Waals surface area contributed by atoms with Crippen molar-refractivity contribution in [3.05, 3.63) is 134 Å². The highest BCUT2D eigenvalue weighted by Gasteiger charge is 2.20. The molecule has 2 N–H and O–H groups in total. The molecule has 0 aliphatic rings. The first kappa shape index (κ1) is 40.7. The Bertz CT molecular complexity index is 1860. The highest BCUT2D eigenvalue weighted by molar-refractivity contribution is 9.10. The van der Waals surface area contributed by atoms with Gasteiger partial charge in [-0.05, 0) is 101 Å². The third kappa shape index (κ3) is 14.4. The Labute approximate surface area is 305 Å². The van der Waals surface area contributed by atoms with Crippen molar-refractivity contribution in [3.8, 4) is 11.5 Å². The topological polar surface area (TPSA) is 167 Å². The van der Waals surface area contributed by atoms with Gasteiger partial charge in [-0.3, -0.25) is 4.79 Å². The van der Waals surface area contributed by atoms with Gasteiger partial charge in [-0.2, -0.15) is 9.59 Å². The van der Waals surface area contributed by atoms with Gasteiger partial charge in [0.25, 0.3) is 0 Å². The van der Waals surface area contributed by atoms with Crippen LogP contribution in [0.3, 0.4) is 0 Å². The van der Waals surface area contributed by atoms with Crippen LogP contribution in [0.15, 0.2) is 123 Å². The van der Waals surface area contributed by atoms with Gasteiger partial charge in [0, 0.05) is 18.0 Å². The van der Waals surface area contributed by atoms with E-state index in [1.807, 2.05) is 79.7 Å². The fourth-order valence-electron chi connectivity index (χ4n) is 3.72. The van der Waals surface area contributed by atoms with E-state index in [4.69, 9.17) is 23.8 Å². The second-order valence-electron chi connectivity index (χ2n) is 9.35. The van der Waals surface area contributed by atoms with Crippen molar-refractivity contribution < 1.29 is 33.4 Å². The summed E-state index contributed by atoms with van der Waals surface area (Å²) in [5.41, 5.74) is 2.48. The third-order valence-electron chi connectivity index (χ3n) is 5.97. The van der Waals surface area contributed by atoms with Crippen LogP contribution < -0.4 is 15.5 Å². The third-order valence-corrected chi connectivity index (χ3v) is 6.88. The van der Waals surface area contributed by atoms with Gasteiger partial charge < -0.3 is 24.5 Å². The highest BCUT2D eigenvalue weighted by atomic mass is 79.9. The number of carbonyl (C=O) groups excluding carboxylic acids is 4. The number of aromatic nitrogens is 3. The second kappa shape index (κ2) is 23.0. The molecule has 0 saturated heterocycles. The molecule has 0 spiro atoms. The number of carbonyl (C=O) groups is 2. The lowest BCUT2D eigenvalue weighted by Crippen LogP contribution is -2.19. The molecule has 0 amide bonds. The van der Waals surface area contributed by atoms with E-state index in [-0.39, 0.29) is 30.4 Å². The first-order valence-electron chi connectivity index (χ1n) is 15.0. The van der Waals surface area contributed by atoms with E-state index >= 15 is 0 Å². The maximum absolute atomic E-state index is 11.8. The molecule has 0 saturated carbocycles. The molecule has 14 heteroatoms. The molecule has 0 atom stereocenters. The molecule has 0 fully saturated rings. The predicted molar refractivity (Wildman–Crippen MR) is 194 cm³/mol. The Kier molecular flexibility index (Phi) is 18.8. The van der Waals surface area contributed by atoms with E-state index in [0.717, 1.165) is 29.0 Å². The zero-order valence-electron chi connectivity index (χ0n) is 27.4. The quantitative estimate of drug-likeness (QED) is 0.0501. The zero-order valence-corrected chi connectivity index (χ0v) is 30.5. The average molecular weight is 810 g/mol. The van der Waals surface area contributed by atoms with Crippen molar-refractivity contribution >= 4 is 66.7 Å². The lowest BCUT2D eigenvalue weighted by Gasteiger charge is -2.07. The summed E-state index contributed by atoms with van der Waals surface area (Å²) in [6.45, 7) is 5.62. The van der Waals surface area contributed by atoms with Crippen molar-refractivity contribution in [3.63, 3.8) is 0 Å². The van der Waals surface area contributed by atoms with Crippen molar-refractivity contribution in [2.24, 2.45) is 0 Å². The molecule has 3 aromatic heterocycles. The van der Waals surface area contributed by atoms with E-state index in [0.29, 0.717) is 20.4 Å². The van der Waals surface area contributed by atoms with Crippen LogP contribution in [0.2, 0.25) is 0 Å². The summed E-state index contributed by atoms with van der Waals surface area (Å²) in [6.07, 6.45) is 5.52. The van der Waals surface area contributed by atoms with Crippen LogP contribution in [0.4, 0.5) is 5.69 Å². The van der Waals surface area contributed by atoms with Gasteiger partial charge in [0.15, 0.2) is 5.57 Å². The number of anilines is 1. The largest absolute Gasteiger partial charge is 0.462 e. The molecule has 0 radical (unpaired) electrons. The number of hydrogen-bond donors (Lipinski definition) is 2. The second-order valence-corrected chi connectivity index (χ2v) is 11.0. The van der Waals surface area contributed by atoms with Gasteiger partial charge in [-0.15, -0.1) is 0 Å². The SMILES string of the molecule is CCOC(=O)C(=CNc1ccc(Br)nc1)C(=O)OCC.CCc1c[nH]c2ccc(Br)nc2c1=O.O=C=O.c1ccc(Oc2ccccc2)cc1. The summed E-state index contributed by atoms with van der Waals surface area (Å²) in [5.74, 6) is 0.273. The predicted octanol–water partition coefficient (Wildman–Crippen LogP) is 7.41. The molecule has 260 valence electrons. The molecule has 2 aromatic carbocycles. The highest BCUT2D eigenvalue weighted by Crippen LogP contribution is 2.19. The molecule has 5 rings (SSSR count). The van der Waals surface area contributed by atoms with E-state index in [1.165, 1.54) is 6.20 Å². The Morgan fingerprint density at radius 1 is 0.820 bits per heavy atom. The molecule has 0 bridgehead atoms. The van der Waals surface area contributed by atoms with Gasteiger partial charge in [0.05, 0.1) is 30.6 Å². The first-order valence-corrected chi connectivity index (χ1v) is 16.6. The average Bonchev–Trinajstić information content (AvgIpc) is 3.12. The summed E-state index contributed by atoms with van der Waals surface area (Å²) < 4.78 is 16.6. The fourth-order valence-corrected chi connectivity index (χ4v) is 4.26. The molecular weight excluding hydrogens is 776 g/mol. The maximum Gasteiger partial charge on any atom is 0.373 e. The number of H-pyrrole nitrogens is 1. The molecular formula is C36H34Br2N4O8. The molecule has 0 unspecified atom stereocenters. The molecule has 0 aliphatic heterocycles. The van der Waals surface area contributed by atoms with Crippen molar-refractivity contribution in [1.82, 2.24) is 15.0 Å². The number of ether oxygens (including phenoxy) is 3. The van der Waals surface area contributed by atoms with Crippen molar-refractivity contribution in [1.29, 1.82) is 0 Å². The van der Waals surface area contributed by atoms with Gasteiger partial charge in [-0.25, -0.2) is 19.6 Å². The summed E-state index contributed by atoms with van der Waals surface area (Å²) in [6, 6.07) is 26.6. The van der Waals surface area contributed by atoms with Crippen LogP contribution >= 0.6 is 31.9 Å². The number of aromatic amines is 1. The molecule has 5 aromatic rings. The smallest absolute Gasteiger partial charge is 0.373 e. The lowest BCUT2D eigenvalue weighted by molar-refractivity contribution is -0.191. The summed E-state index contributed by atoms with van der Waals surface area (Å²) in [5, 5.41) is 2.80. The number of hydrogen-bond acceptors (Lipinski definition) is 11. The van der Waals surface area contributed by atoms with Crippen LogP contribution in [0, 0.1) is 0 Å². The van der Waals surface area contributed by atoms with Crippen LogP contribution in [0.1, 0.15) is 26.3 Å². The minimum absolute atomic E-state index is 0.0163. The van der Waals surface area contributed by atoms with E-state index in [1.54, 1.807) is 38.4 Å². The number of halogens is 2. The Hall–Kier alpha value is -5.43. The van der Waals surface area contributed by atoms with E-state index in [2.05, 4.69) is 52.1 Å². The van der Waals surface area contributed by atoms with Crippen molar-refractivity contribution in [2.75, 3.05) is 18.5 Å². The van der Waals surface area contributed by atoms with Gasteiger partial charge in [-0.1, -0.05) is 43.3 Å². The van der Waals surface area contributed by atoms with E-state index < -0.39 is 11.9 Å². The maximum atomic E-state index is 11.8. The minimum atomic E-state index is -0.733. The number of nitrogens with one attached hydrogen (secondary N) is 2. The van der Waals surface area contributed by atoms with Crippen LogP contribution in [0.25, 0.3) is 11.0 Å². The van der Waals surface area contributed by atoms with Gasteiger partial charge in [0.2, 0.25) is 5.43 Å². The number of benzene rings is 2. The summed E-state index contributed by atoms with van der Waals surface area (Å²) in [4.78, 5) is 62.6. The number of para-hydroxylation sites is 2.